The second-order valence-electron chi connectivity index (χ2n) is 14.5. The first-order valence-electron chi connectivity index (χ1n) is 19.2. The molecule has 2 aliphatic heterocycles. The average Bonchev–Trinajstić information content (AvgIpc) is 3.78. The number of nitrogens with zero attached hydrogens (tertiary/aromatic N) is 8. The van der Waals surface area contributed by atoms with E-state index in [1.165, 1.54) is 18.1 Å². The van der Waals surface area contributed by atoms with E-state index < -0.39 is 5.41 Å². The first-order valence-corrected chi connectivity index (χ1v) is 19.9. The van der Waals surface area contributed by atoms with E-state index in [0.29, 0.717) is 79.1 Å². The number of ether oxygens (including phenoxy) is 2. The Labute approximate surface area is 338 Å². The number of piperidine rings is 1. The van der Waals surface area contributed by atoms with E-state index in [-0.39, 0.29) is 23.7 Å². The molecule has 2 aliphatic rings. The van der Waals surface area contributed by atoms with Crippen molar-refractivity contribution in [3.05, 3.63) is 99.8 Å². The van der Waals surface area contributed by atoms with Gasteiger partial charge in [0.15, 0.2) is 0 Å². The Morgan fingerprint density at radius 3 is 2.29 bits per heavy atom. The smallest absolute Gasteiger partial charge is 0.307 e. The van der Waals surface area contributed by atoms with Crippen molar-refractivity contribution in [3.63, 3.8) is 0 Å². The van der Waals surface area contributed by atoms with Crippen LogP contribution in [0.1, 0.15) is 60.0 Å². The molecule has 0 bridgehead atoms. The summed E-state index contributed by atoms with van der Waals surface area (Å²) < 4.78 is 12.2. The topological polar surface area (TPSA) is 126 Å². The summed E-state index contributed by atoms with van der Waals surface area (Å²) in [5, 5.41) is 12.3. The molecule has 298 valence electrons. The number of piperazine rings is 1. The molecule has 0 aliphatic carbocycles. The van der Waals surface area contributed by atoms with Crippen LogP contribution in [-0.4, -0.2) is 137 Å². The van der Waals surface area contributed by atoms with Gasteiger partial charge >= 0.3 is 5.97 Å². The number of tetrazole rings is 1. The number of likely N-dealkylation sites (tertiary alicyclic amines) is 1. The second-order valence-corrected chi connectivity index (χ2v) is 15.3. The first kappa shape index (κ1) is 41.1. The van der Waals surface area contributed by atoms with Crippen molar-refractivity contribution in [3.8, 4) is 11.4 Å². The molecular weight excluding hydrogens is 755 g/mol. The Hall–Kier alpha value is -4.56. The van der Waals surface area contributed by atoms with Gasteiger partial charge in [-0.3, -0.25) is 19.3 Å². The van der Waals surface area contributed by atoms with Gasteiger partial charge in [0.05, 0.1) is 46.8 Å². The van der Waals surface area contributed by atoms with Gasteiger partial charge in [0.25, 0.3) is 5.91 Å². The van der Waals surface area contributed by atoms with Gasteiger partial charge in [-0.05, 0) is 97.7 Å². The predicted octanol–water partition coefficient (Wildman–Crippen LogP) is 5.35. The molecule has 56 heavy (non-hydrogen) atoms. The number of esters is 1. The average molecular weight is 806 g/mol. The lowest BCUT2D eigenvalue weighted by Crippen LogP contribution is -2.57. The first-order chi connectivity index (χ1) is 27.1. The monoisotopic (exact) mass is 804 g/mol. The fourth-order valence-electron chi connectivity index (χ4n) is 7.87. The van der Waals surface area contributed by atoms with Crippen molar-refractivity contribution in [1.29, 1.82) is 0 Å². The van der Waals surface area contributed by atoms with E-state index in [4.69, 9.17) is 32.7 Å². The number of aromatic nitrogens is 4. The SMILES string of the molecule is CCOC(=O)CCN1CCN(C(=O)C2(c3ccccc3)CCN(CCC(CN(C)C(=O)c3cc(-n4cnnn4)ccc3OC)c3ccc(Cl)c(Cl)c3)CC2)CC1. The number of amides is 2. The van der Waals surface area contributed by atoms with Crippen LogP contribution in [0, 0.1) is 0 Å². The Bertz CT molecular complexity index is 1930. The summed E-state index contributed by atoms with van der Waals surface area (Å²) in [5.74, 6) is 0.182. The number of hydrogen-bond acceptors (Lipinski definition) is 10. The number of likely N-dealkylation sites (N-methyl/N-ethyl adjacent to an activating group) is 1. The maximum atomic E-state index is 14.5. The number of rotatable bonds is 15. The number of benzene rings is 3. The minimum Gasteiger partial charge on any atom is -0.496 e. The van der Waals surface area contributed by atoms with E-state index in [9.17, 15) is 14.4 Å². The Morgan fingerprint density at radius 1 is 0.893 bits per heavy atom. The van der Waals surface area contributed by atoms with E-state index in [1.807, 2.05) is 42.2 Å². The maximum absolute atomic E-state index is 14.5. The summed E-state index contributed by atoms with van der Waals surface area (Å²) in [6.07, 6.45) is 3.98. The molecule has 3 aromatic carbocycles. The van der Waals surface area contributed by atoms with Crippen molar-refractivity contribution < 1.29 is 23.9 Å². The highest BCUT2D eigenvalue weighted by molar-refractivity contribution is 6.42. The van der Waals surface area contributed by atoms with Crippen LogP contribution in [-0.2, 0) is 19.7 Å². The van der Waals surface area contributed by atoms with E-state index in [2.05, 4.69) is 37.5 Å². The number of carbonyl (C=O) groups is 3. The molecule has 2 fully saturated rings. The molecule has 1 aromatic heterocycles. The Morgan fingerprint density at radius 2 is 1.62 bits per heavy atom. The quantitative estimate of drug-likeness (QED) is 0.145. The van der Waals surface area contributed by atoms with Crippen LogP contribution in [0.15, 0.2) is 73.1 Å². The standard InChI is InChI=1S/C41H50Cl2N8O5/c1-4-56-38(52)15-19-49-22-24-50(25-23-49)40(54)41(32-8-6-5-7-9-32)16-20-48(21-17-41)18-14-31(30-10-12-35(42)36(43)26-30)28-47(2)39(53)34-27-33(11-13-37(34)55-3)51-29-44-45-46-51/h5-13,26-27,29,31H,4,14-25,28H2,1-3H3. The minimum atomic E-state index is -0.615. The van der Waals surface area contributed by atoms with Crippen LogP contribution in [0.25, 0.3) is 5.69 Å². The van der Waals surface area contributed by atoms with Gasteiger partial charge < -0.3 is 24.2 Å². The fourth-order valence-corrected chi connectivity index (χ4v) is 8.18. The molecule has 1 atom stereocenters. The molecule has 0 spiro atoms. The number of methoxy groups -OCH3 is 1. The van der Waals surface area contributed by atoms with E-state index in [0.717, 1.165) is 50.3 Å². The van der Waals surface area contributed by atoms with Crippen LogP contribution in [0.2, 0.25) is 10.0 Å². The van der Waals surface area contributed by atoms with E-state index in [1.54, 1.807) is 36.2 Å². The molecule has 0 N–H and O–H groups in total. The summed E-state index contributed by atoms with van der Waals surface area (Å²) in [4.78, 5) is 48.8. The van der Waals surface area contributed by atoms with Gasteiger partial charge in [-0.25, -0.2) is 4.68 Å². The second kappa shape index (κ2) is 19.1. The molecule has 13 nitrogen and oxygen atoms in total. The normalized spacial score (nSPS) is 16.6. The highest BCUT2D eigenvalue weighted by Crippen LogP contribution is 2.39. The van der Waals surface area contributed by atoms with Crippen LogP contribution in [0.4, 0.5) is 0 Å². The molecule has 4 aromatic rings. The van der Waals surface area contributed by atoms with Gasteiger partial charge in [0.2, 0.25) is 5.91 Å². The highest BCUT2D eigenvalue weighted by atomic mass is 35.5. The van der Waals surface area contributed by atoms with Crippen LogP contribution < -0.4 is 4.74 Å². The minimum absolute atomic E-state index is 0.0602. The molecule has 0 radical (unpaired) electrons. The molecule has 0 saturated carbocycles. The van der Waals surface area contributed by atoms with Gasteiger partial charge in [-0.2, -0.15) is 0 Å². The summed E-state index contributed by atoms with van der Waals surface area (Å²) in [5.41, 5.74) is 2.46. The fraction of sp³-hybridized carbons (Fsp3) is 0.463. The molecule has 2 saturated heterocycles. The van der Waals surface area contributed by atoms with Gasteiger partial charge in [0, 0.05) is 52.2 Å². The highest BCUT2D eigenvalue weighted by Gasteiger charge is 2.45. The Balaban J connectivity index is 1.13. The number of carbonyl (C=O) groups excluding carboxylic acids is 3. The lowest BCUT2D eigenvalue weighted by Gasteiger charge is -2.45. The lowest BCUT2D eigenvalue weighted by molar-refractivity contribution is -0.145. The zero-order chi connectivity index (χ0) is 39.7. The molecular formula is C41H50Cl2N8O5. The zero-order valence-corrected chi connectivity index (χ0v) is 33.8. The summed E-state index contributed by atoms with van der Waals surface area (Å²) in [6, 6.07) is 21.1. The molecule has 2 amide bonds. The van der Waals surface area contributed by atoms with E-state index >= 15 is 0 Å². The molecule has 15 heteroatoms. The van der Waals surface area contributed by atoms with Gasteiger partial charge in [-0.1, -0.05) is 59.6 Å². The summed E-state index contributed by atoms with van der Waals surface area (Å²) in [7, 11) is 3.33. The summed E-state index contributed by atoms with van der Waals surface area (Å²) in [6.45, 7) is 8.24. The zero-order valence-electron chi connectivity index (χ0n) is 32.3. The van der Waals surface area contributed by atoms with Crippen molar-refractivity contribution in [1.82, 2.24) is 39.8 Å². The Kier molecular flexibility index (Phi) is 14.0. The largest absolute Gasteiger partial charge is 0.496 e. The van der Waals surface area contributed by atoms with Crippen molar-refractivity contribution >= 4 is 41.0 Å². The van der Waals surface area contributed by atoms with Gasteiger partial charge in [-0.15, -0.1) is 5.10 Å². The van der Waals surface area contributed by atoms with Crippen molar-refractivity contribution in [2.75, 3.05) is 79.7 Å². The molecule has 3 heterocycles. The van der Waals surface area contributed by atoms with Crippen molar-refractivity contribution in [2.45, 2.75) is 43.9 Å². The van der Waals surface area contributed by atoms with Crippen LogP contribution in [0.3, 0.4) is 0 Å². The van der Waals surface area contributed by atoms with Crippen LogP contribution >= 0.6 is 23.2 Å². The third-order valence-electron chi connectivity index (χ3n) is 11.1. The molecule has 1 unspecified atom stereocenters. The maximum Gasteiger partial charge on any atom is 0.307 e. The van der Waals surface area contributed by atoms with Crippen LogP contribution in [0.5, 0.6) is 5.75 Å². The summed E-state index contributed by atoms with van der Waals surface area (Å²) >= 11 is 12.9. The predicted molar refractivity (Wildman–Crippen MR) is 215 cm³/mol. The van der Waals surface area contributed by atoms with Gasteiger partial charge in [0.1, 0.15) is 12.1 Å². The third-order valence-corrected chi connectivity index (χ3v) is 11.9. The third kappa shape index (κ3) is 9.69. The number of hydrogen-bond donors (Lipinski definition) is 0. The van der Waals surface area contributed by atoms with Crippen molar-refractivity contribution in [2.24, 2.45) is 0 Å². The molecule has 6 rings (SSSR count). The lowest BCUT2D eigenvalue weighted by atomic mass is 9.71. The number of halogens is 2.